The van der Waals surface area contributed by atoms with Gasteiger partial charge in [-0.15, -0.1) is 0 Å². The van der Waals surface area contributed by atoms with E-state index in [0.29, 0.717) is 21.5 Å². The van der Waals surface area contributed by atoms with Gasteiger partial charge in [0, 0.05) is 21.1 Å². The number of carbonyl (C=O) groups is 1. The molecule has 0 aliphatic carbocycles. The third kappa shape index (κ3) is 5.98. The molecule has 0 saturated carbocycles. The molecule has 0 unspecified atom stereocenters. The van der Waals surface area contributed by atoms with Crippen LogP contribution in [0.1, 0.15) is 24.2 Å². The van der Waals surface area contributed by atoms with Gasteiger partial charge < -0.3 is 10.1 Å². The van der Waals surface area contributed by atoms with Gasteiger partial charge in [-0.2, -0.15) is 0 Å². The Morgan fingerprint density at radius 3 is 2.52 bits per heavy atom. The third-order valence-electron chi connectivity index (χ3n) is 3.19. The van der Waals surface area contributed by atoms with Gasteiger partial charge in [0.15, 0.2) is 5.11 Å². The van der Waals surface area contributed by atoms with Crippen molar-refractivity contribution in [2.24, 2.45) is 0 Å². The van der Waals surface area contributed by atoms with Gasteiger partial charge in [-0.1, -0.05) is 15.9 Å². The molecule has 0 bridgehead atoms. The summed E-state index contributed by atoms with van der Waals surface area (Å²) in [6.07, 6.45) is -0.0983. The lowest BCUT2D eigenvalue weighted by Gasteiger charge is -2.15. The van der Waals surface area contributed by atoms with Crippen molar-refractivity contribution in [2.75, 3.05) is 5.32 Å². The smallest absolute Gasteiger partial charge is 0.270 e. The van der Waals surface area contributed by atoms with Crippen molar-refractivity contribution in [2.45, 2.75) is 20.0 Å². The van der Waals surface area contributed by atoms with Crippen molar-refractivity contribution >= 4 is 66.5 Å². The van der Waals surface area contributed by atoms with Crippen LogP contribution in [0.3, 0.4) is 0 Å². The van der Waals surface area contributed by atoms with E-state index in [1.165, 1.54) is 18.2 Å². The van der Waals surface area contributed by atoms with Gasteiger partial charge in [0.2, 0.25) is 0 Å². The van der Waals surface area contributed by atoms with E-state index in [1.807, 2.05) is 13.8 Å². The molecular weight excluding hydrogens is 502 g/mol. The fraction of sp³-hybridized carbons (Fsp3) is 0.176. The summed E-state index contributed by atoms with van der Waals surface area (Å²) < 4.78 is 6.83. The van der Waals surface area contributed by atoms with Crippen LogP contribution in [0.5, 0.6) is 5.75 Å². The number of amides is 1. The molecule has 2 aromatic rings. The van der Waals surface area contributed by atoms with Crippen molar-refractivity contribution in [3.8, 4) is 5.75 Å². The van der Waals surface area contributed by atoms with Crippen LogP contribution in [0.25, 0.3) is 0 Å². The number of hydrogen-bond acceptors (Lipinski definition) is 5. The number of rotatable bonds is 5. The Morgan fingerprint density at radius 2 is 1.93 bits per heavy atom. The van der Waals surface area contributed by atoms with Crippen LogP contribution in [-0.4, -0.2) is 22.0 Å². The van der Waals surface area contributed by atoms with Crippen molar-refractivity contribution < 1.29 is 14.5 Å². The van der Waals surface area contributed by atoms with E-state index < -0.39 is 10.8 Å². The monoisotopic (exact) mass is 515 g/mol. The minimum absolute atomic E-state index is 0.0463. The summed E-state index contributed by atoms with van der Waals surface area (Å²) in [7, 11) is 0. The first kappa shape index (κ1) is 21.3. The highest BCUT2D eigenvalue weighted by molar-refractivity contribution is 9.10. The highest BCUT2D eigenvalue weighted by atomic mass is 79.9. The fourth-order valence-electron chi connectivity index (χ4n) is 2.08. The Balaban J connectivity index is 2.13. The predicted octanol–water partition coefficient (Wildman–Crippen LogP) is 5.03. The summed E-state index contributed by atoms with van der Waals surface area (Å²) in [6.45, 7) is 3.73. The first-order valence-corrected chi connectivity index (χ1v) is 9.69. The predicted molar refractivity (Wildman–Crippen MR) is 114 cm³/mol. The summed E-state index contributed by atoms with van der Waals surface area (Å²) in [5.41, 5.74) is 0.746. The molecule has 27 heavy (non-hydrogen) atoms. The number of anilines is 1. The van der Waals surface area contributed by atoms with Crippen LogP contribution < -0.4 is 15.4 Å². The summed E-state index contributed by atoms with van der Waals surface area (Å²) in [6, 6.07) is 9.28. The van der Waals surface area contributed by atoms with E-state index in [1.54, 1.807) is 18.2 Å². The Bertz CT molecular complexity index is 906. The maximum atomic E-state index is 12.6. The Morgan fingerprint density at radius 1 is 1.22 bits per heavy atom. The Labute approximate surface area is 177 Å². The quantitative estimate of drug-likeness (QED) is 0.328. The molecule has 0 fully saturated rings. The molecule has 10 heteroatoms. The fourth-order valence-corrected chi connectivity index (χ4v) is 3.11. The summed E-state index contributed by atoms with van der Waals surface area (Å²) in [5.74, 6) is -0.00694. The zero-order valence-corrected chi connectivity index (χ0v) is 18.3. The molecule has 1 amide bonds. The number of non-ortho nitro benzene ring substituents is 1. The number of carbonyl (C=O) groups excluding carboxylic acids is 1. The van der Waals surface area contributed by atoms with E-state index >= 15 is 0 Å². The van der Waals surface area contributed by atoms with Crippen LogP contribution >= 0.6 is 44.1 Å². The number of thiocarbonyl (C=S) groups is 1. The molecule has 2 aromatic carbocycles. The van der Waals surface area contributed by atoms with Gasteiger partial charge in [0.05, 0.1) is 22.3 Å². The number of halogens is 2. The molecule has 7 nitrogen and oxygen atoms in total. The second kappa shape index (κ2) is 9.25. The second-order valence-corrected chi connectivity index (χ2v) is 7.81. The highest BCUT2D eigenvalue weighted by Gasteiger charge is 2.17. The van der Waals surface area contributed by atoms with Crippen molar-refractivity contribution in [3.05, 3.63) is 61.0 Å². The molecule has 0 aliphatic rings. The lowest BCUT2D eigenvalue weighted by atomic mass is 10.2. The minimum atomic E-state index is -0.502. The maximum Gasteiger partial charge on any atom is 0.270 e. The zero-order valence-electron chi connectivity index (χ0n) is 14.3. The molecule has 0 spiro atoms. The third-order valence-corrected chi connectivity index (χ3v) is 4.54. The molecule has 2 N–H and O–H groups in total. The van der Waals surface area contributed by atoms with E-state index in [-0.39, 0.29) is 16.9 Å². The van der Waals surface area contributed by atoms with E-state index in [0.717, 1.165) is 4.47 Å². The molecular formula is C17H15Br2N3O4S. The van der Waals surface area contributed by atoms with Gasteiger partial charge in [0.1, 0.15) is 5.75 Å². The van der Waals surface area contributed by atoms with Crippen LogP contribution in [0, 0.1) is 10.1 Å². The highest BCUT2D eigenvalue weighted by Crippen LogP contribution is 2.27. The zero-order chi connectivity index (χ0) is 20.1. The van der Waals surface area contributed by atoms with Crippen LogP contribution in [0.4, 0.5) is 11.4 Å². The topological polar surface area (TPSA) is 93.5 Å². The molecule has 0 heterocycles. The second-order valence-electron chi connectivity index (χ2n) is 5.64. The Kier molecular flexibility index (Phi) is 7.28. The molecule has 2 rings (SSSR count). The number of benzene rings is 2. The lowest BCUT2D eigenvalue weighted by molar-refractivity contribution is -0.384. The van der Waals surface area contributed by atoms with Crippen LogP contribution in [0.2, 0.25) is 0 Å². The van der Waals surface area contributed by atoms with Gasteiger partial charge in [-0.3, -0.25) is 20.2 Å². The molecule has 0 radical (unpaired) electrons. The standard InChI is InChI=1S/C17H15Br2N3O4S/c1-9(2)26-15-6-3-10(18)7-12(15)16(23)21-17(27)20-14-5-4-11(22(24)25)8-13(14)19/h3-9H,1-2H3,(H2,20,21,23,27). The maximum absolute atomic E-state index is 12.6. The van der Waals surface area contributed by atoms with Gasteiger partial charge in [-0.05, 0) is 66.3 Å². The van der Waals surface area contributed by atoms with Gasteiger partial charge >= 0.3 is 0 Å². The van der Waals surface area contributed by atoms with Crippen molar-refractivity contribution in [1.29, 1.82) is 0 Å². The number of hydrogen-bond donors (Lipinski definition) is 2. The Hall–Kier alpha value is -2.04. The molecule has 142 valence electrons. The average Bonchev–Trinajstić information content (AvgIpc) is 2.57. The van der Waals surface area contributed by atoms with E-state index in [4.69, 9.17) is 17.0 Å². The van der Waals surface area contributed by atoms with Crippen LogP contribution in [-0.2, 0) is 0 Å². The molecule has 0 aromatic heterocycles. The normalized spacial score (nSPS) is 10.4. The van der Waals surface area contributed by atoms with Crippen molar-refractivity contribution in [3.63, 3.8) is 0 Å². The number of nitro groups is 1. The summed E-state index contributed by atoms with van der Waals surface area (Å²) >= 11 is 11.7. The van der Waals surface area contributed by atoms with E-state index in [2.05, 4.69) is 42.5 Å². The largest absolute Gasteiger partial charge is 0.490 e. The lowest BCUT2D eigenvalue weighted by Crippen LogP contribution is -2.34. The molecule has 0 atom stereocenters. The van der Waals surface area contributed by atoms with Crippen LogP contribution in [0.15, 0.2) is 45.3 Å². The van der Waals surface area contributed by atoms with Crippen molar-refractivity contribution in [1.82, 2.24) is 5.32 Å². The number of nitrogens with one attached hydrogen (secondary N) is 2. The minimum Gasteiger partial charge on any atom is -0.490 e. The summed E-state index contributed by atoms with van der Waals surface area (Å²) in [4.78, 5) is 22.9. The average molecular weight is 517 g/mol. The van der Waals surface area contributed by atoms with E-state index in [9.17, 15) is 14.9 Å². The van der Waals surface area contributed by atoms with Gasteiger partial charge in [-0.25, -0.2) is 0 Å². The first-order valence-electron chi connectivity index (χ1n) is 7.70. The number of nitro benzene ring substituents is 1. The SMILES string of the molecule is CC(C)Oc1ccc(Br)cc1C(=O)NC(=S)Nc1ccc([N+](=O)[O-])cc1Br. The molecule has 0 saturated heterocycles. The number of nitrogens with zero attached hydrogens (tertiary/aromatic N) is 1. The summed E-state index contributed by atoms with van der Waals surface area (Å²) in [5, 5.41) is 16.2. The molecule has 0 aliphatic heterocycles. The van der Waals surface area contributed by atoms with Gasteiger partial charge in [0.25, 0.3) is 11.6 Å². The number of ether oxygens (including phenoxy) is 1. The first-order chi connectivity index (χ1) is 12.7.